The Bertz CT molecular complexity index is 168. The summed E-state index contributed by atoms with van der Waals surface area (Å²) in [5.41, 5.74) is 6.43. The van der Waals surface area contributed by atoms with Gasteiger partial charge in [-0.1, -0.05) is 40.0 Å². The van der Waals surface area contributed by atoms with Crippen molar-refractivity contribution >= 4 is 0 Å². The van der Waals surface area contributed by atoms with Crippen LogP contribution in [-0.2, 0) is 0 Å². The van der Waals surface area contributed by atoms with Crippen LogP contribution in [0.4, 0.5) is 0 Å². The molecule has 1 rings (SSSR count). The fourth-order valence-electron chi connectivity index (χ4n) is 3.55. The SMILES string of the molecule is CCC1CCCCC1(CN)N(CC)CC. The van der Waals surface area contributed by atoms with Crippen molar-refractivity contribution in [3.05, 3.63) is 0 Å². The summed E-state index contributed by atoms with van der Waals surface area (Å²) < 4.78 is 0. The molecule has 0 amide bonds. The van der Waals surface area contributed by atoms with Gasteiger partial charge in [-0.2, -0.15) is 0 Å². The van der Waals surface area contributed by atoms with Gasteiger partial charge < -0.3 is 5.73 Å². The fraction of sp³-hybridized carbons (Fsp3) is 1.00. The summed E-state index contributed by atoms with van der Waals surface area (Å²) in [5.74, 6) is 0.816. The van der Waals surface area contributed by atoms with Gasteiger partial charge in [0.15, 0.2) is 0 Å². The van der Waals surface area contributed by atoms with Crippen LogP contribution in [0.2, 0.25) is 0 Å². The highest BCUT2D eigenvalue weighted by molar-refractivity contribution is 4.98. The molecule has 0 aromatic carbocycles. The van der Waals surface area contributed by atoms with E-state index in [-0.39, 0.29) is 0 Å². The fourth-order valence-corrected chi connectivity index (χ4v) is 3.55. The summed E-state index contributed by atoms with van der Waals surface area (Å²) in [4.78, 5) is 2.61. The lowest BCUT2D eigenvalue weighted by Crippen LogP contribution is -2.59. The molecule has 0 saturated heterocycles. The standard InChI is InChI=1S/C13H28N2/c1-4-12-9-7-8-10-13(12,11-14)15(5-2)6-3/h12H,4-11,14H2,1-3H3. The van der Waals surface area contributed by atoms with Gasteiger partial charge in [-0.15, -0.1) is 0 Å². The first-order valence-electron chi connectivity index (χ1n) is 6.70. The molecule has 0 radical (unpaired) electrons. The first-order chi connectivity index (χ1) is 7.25. The predicted octanol–water partition coefficient (Wildman–Crippen LogP) is 2.63. The average molecular weight is 212 g/mol. The van der Waals surface area contributed by atoms with Crippen LogP contribution in [0.15, 0.2) is 0 Å². The topological polar surface area (TPSA) is 29.3 Å². The van der Waals surface area contributed by atoms with Gasteiger partial charge in [-0.3, -0.25) is 4.90 Å². The number of nitrogens with zero attached hydrogens (tertiary/aromatic N) is 1. The van der Waals surface area contributed by atoms with E-state index in [9.17, 15) is 0 Å². The molecule has 1 saturated carbocycles. The Labute approximate surface area is 95.2 Å². The number of hydrogen-bond donors (Lipinski definition) is 1. The molecule has 90 valence electrons. The molecule has 15 heavy (non-hydrogen) atoms. The Balaban J connectivity index is 2.86. The largest absolute Gasteiger partial charge is 0.329 e. The molecule has 2 N–H and O–H groups in total. The van der Waals surface area contributed by atoms with E-state index in [0.29, 0.717) is 5.54 Å². The zero-order valence-corrected chi connectivity index (χ0v) is 10.8. The van der Waals surface area contributed by atoms with E-state index < -0.39 is 0 Å². The van der Waals surface area contributed by atoms with E-state index >= 15 is 0 Å². The first-order valence-corrected chi connectivity index (χ1v) is 6.70. The third-order valence-electron chi connectivity index (χ3n) is 4.41. The van der Waals surface area contributed by atoms with Crippen molar-refractivity contribution in [1.82, 2.24) is 4.90 Å². The van der Waals surface area contributed by atoms with Crippen molar-refractivity contribution in [2.24, 2.45) is 11.7 Å². The molecule has 1 aliphatic rings. The lowest BCUT2D eigenvalue weighted by Gasteiger charge is -2.50. The summed E-state index contributed by atoms with van der Waals surface area (Å²) in [6.45, 7) is 9.98. The zero-order valence-electron chi connectivity index (χ0n) is 10.8. The quantitative estimate of drug-likeness (QED) is 0.759. The van der Waals surface area contributed by atoms with Gasteiger partial charge >= 0.3 is 0 Å². The highest BCUT2D eigenvalue weighted by Crippen LogP contribution is 2.39. The third kappa shape index (κ3) is 2.36. The van der Waals surface area contributed by atoms with Crippen LogP contribution in [0.3, 0.4) is 0 Å². The van der Waals surface area contributed by atoms with Gasteiger partial charge in [0, 0.05) is 12.1 Å². The monoisotopic (exact) mass is 212 g/mol. The second-order valence-corrected chi connectivity index (χ2v) is 4.83. The van der Waals surface area contributed by atoms with Crippen molar-refractivity contribution < 1.29 is 0 Å². The van der Waals surface area contributed by atoms with Crippen LogP contribution in [0.5, 0.6) is 0 Å². The maximum atomic E-state index is 6.11. The van der Waals surface area contributed by atoms with Crippen molar-refractivity contribution in [2.75, 3.05) is 19.6 Å². The van der Waals surface area contributed by atoms with Crippen LogP contribution in [0, 0.1) is 5.92 Å². The molecule has 0 heterocycles. The number of likely N-dealkylation sites (N-methyl/N-ethyl adjacent to an activating group) is 1. The van der Waals surface area contributed by atoms with Crippen LogP contribution in [-0.4, -0.2) is 30.1 Å². The van der Waals surface area contributed by atoms with Crippen LogP contribution >= 0.6 is 0 Å². The van der Waals surface area contributed by atoms with Gasteiger partial charge in [-0.25, -0.2) is 0 Å². The van der Waals surface area contributed by atoms with Crippen LogP contribution in [0.25, 0.3) is 0 Å². The Hall–Kier alpha value is -0.0800. The zero-order chi connectivity index (χ0) is 11.3. The maximum absolute atomic E-state index is 6.11. The number of hydrogen-bond acceptors (Lipinski definition) is 2. The van der Waals surface area contributed by atoms with Gasteiger partial charge in [-0.05, 0) is 31.8 Å². The maximum Gasteiger partial charge on any atom is 0.0359 e. The molecule has 0 spiro atoms. The third-order valence-corrected chi connectivity index (χ3v) is 4.41. The van der Waals surface area contributed by atoms with E-state index in [2.05, 4.69) is 25.7 Å². The smallest absolute Gasteiger partial charge is 0.0359 e. The normalized spacial score (nSPS) is 32.2. The van der Waals surface area contributed by atoms with Crippen LogP contribution in [0.1, 0.15) is 52.9 Å². The molecular weight excluding hydrogens is 184 g/mol. The van der Waals surface area contributed by atoms with Gasteiger partial charge in [0.2, 0.25) is 0 Å². The predicted molar refractivity (Wildman–Crippen MR) is 67.0 cm³/mol. The molecule has 0 aromatic heterocycles. The highest BCUT2D eigenvalue weighted by Gasteiger charge is 2.41. The molecule has 0 aromatic rings. The Kier molecular flexibility index (Phi) is 5.07. The Morgan fingerprint density at radius 2 is 1.87 bits per heavy atom. The van der Waals surface area contributed by atoms with E-state index in [1.54, 1.807) is 0 Å². The summed E-state index contributed by atoms with van der Waals surface area (Å²) in [7, 11) is 0. The van der Waals surface area contributed by atoms with E-state index in [1.165, 1.54) is 32.1 Å². The molecule has 1 fully saturated rings. The average Bonchev–Trinajstić information content (AvgIpc) is 2.31. The second kappa shape index (κ2) is 5.86. The van der Waals surface area contributed by atoms with Gasteiger partial charge in [0.05, 0.1) is 0 Å². The molecule has 1 aliphatic carbocycles. The summed E-state index contributed by atoms with van der Waals surface area (Å²) >= 11 is 0. The Morgan fingerprint density at radius 1 is 1.20 bits per heavy atom. The van der Waals surface area contributed by atoms with Gasteiger partial charge in [0.25, 0.3) is 0 Å². The van der Waals surface area contributed by atoms with Crippen molar-refractivity contribution in [1.29, 1.82) is 0 Å². The summed E-state index contributed by atoms with van der Waals surface area (Å²) in [5, 5.41) is 0. The molecule has 2 heteroatoms. The highest BCUT2D eigenvalue weighted by atomic mass is 15.2. The number of rotatable bonds is 5. The van der Waals surface area contributed by atoms with Crippen molar-refractivity contribution in [2.45, 2.75) is 58.4 Å². The molecule has 0 aliphatic heterocycles. The molecule has 2 atom stereocenters. The van der Waals surface area contributed by atoms with E-state index in [1.807, 2.05) is 0 Å². The molecule has 0 bridgehead atoms. The molecular formula is C13H28N2. The van der Waals surface area contributed by atoms with Crippen LogP contribution < -0.4 is 5.73 Å². The van der Waals surface area contributed by atoms with Gasteiger partial charge in [0.1, 0.15) is 0 Å². The summed E-state index contributed by atoms with van der Waals surface area (Å²) in [6.07, 6.45) is 6.74. The van der Waals surface area contributed by atoms with Crippen molar-refractivity contribution in [3.63, 3.8) is 0 Å². The second-order valence-electron chi connectivity index (χ2n) is 4.83. The lowest BCUT2D eigenvalue weighted by molar-refractivity contribution is 0.0113. The lowest BCUT2D eigenvalue weighted by atomic mass is 9.70. The minimum absolute atomic E-state index is 0.316. The molecule has 2 nitrogen and oxygen atoms in total. The van der Waals surface area contributed by atoms with E-state index in [4.69, 9.17) is 5.73 Å². The summed E-state index contributed by atoms with van der Waals surface area (Å²) in [6, 6.07) is 0. The van der Waals surface area contributed by atoms with E-state index in [0.717, 1.165) is 25.6 Å². The number of nitrogens with two attached hydrogens (primary N) is 1. The minimum atomic E-state index is 0.316. The molecule has 2 unspecified atom stereocenters. The minimum Gasteiger partial charge on any atom is -0.329 e. The Morgan fingerprint density at radius 3 is 2.33 bits per heavy atom. The first kappa shape index (κ1) is 13.0. The van der Waals surface area contributed by atoms with Crippen molar-refractivity contribution in [3.8, 4) is 0 Å².